The van der Waals surface area contributed by atoms with Crippen molar-refractivity contribution in [2.24, 2.45) is 5.92 Å². The number of esters is 1. The summed E-state index contributed by atoms with van der Waals surface area (Å²) in [5.74, 6) is 0.925. The van der Waals surface area contributed by atoms with Gasteiger partial charge in [0.1, 0.15) is 5.78 Å². The van der Waals surface area contributed by atoms with E-state index in [1.165, 1.54) is 32.1 Å². The smallest absolute Gasteiger partial charge is 0.306 e. The van der Waals surface area contributed by atoms with Crippen molar-refractivity contribution in [2.45, 2.75) is 104 Å². The zero-order valence-corrected chi connectivity index (χ0v) is 17.5. The van der Waals surface area contributed by atoms with Gasteiger partial charge in [0.15, 0.2) is 0 Å². The summed E-state index contributed by atoms with van der Waals surface area (Å²) in [7, 11) is 0. The van der Waals surface area contributed by atoms with Crippen molar-refractivity contribution < 1.29 is 14.3 Å². The zero-order valence-electron chi connectivity index (χ0n) is 17.5. The number of Topliss-reactive ketones (excluding diaryl/α,β-unsaturated/α-hetero) is 1. The Balaban J connectivity index is 0.000000488. The van der Waals surface area contributed by atoms with Crippen molar-refractivity contribution in [3.8, 4) is 0 Å². The molecule has 26 heavy (non-hydrogen) atoms. The summed E-state index contributed by atoms with van der Waals surface area (Å²) in [5.41, 5.74) is 0. The number of ether oxygens (including phenoxy) is 1. The van der Waals surface area contributed by atoms with Crippen molar-refractivity contribution in [1.29, 1.82) is 0 Å². The molecule has 0 aromatic carbocycles. The summed E-state index contributed by atoms with van der Waals surface area (Å²) in [6, 6.07) is 0. The predicted octanol–water partition coefficient (Wildman–Crippen LogP) is 6.57. The van der Waals surface area contributed by atoms with E-state index in [1.807, 2.05) is 26.8 Å². The van der Waals surface area contributed by atoms with Gasteiger partial charge in [0.25, 0.3) is 0 Å². The monoisotopic (exact) mass is 364 g/mol. The number of carbonyl (C=O) groups excluding carboxylic acids is 2. The molecule has 0 radical (unpaired) electrons. The first-order chi connectivity index (χ1) is 12.5. The van der Waals surface area contributed by atoms with E-state index in [0.29, 0.717) is 18.1 Å². The number of carbonyl (C=O) groups is 2. The van der Waals surface area contributed by atoms with Gasteiger partial charge in [0, 0.05) is 19.3 Å². The van der Waals surface area contributed by atoms with E-state index in [0.717, 1.165) is 32.1 Å². The van der Waals surface area contributed by atoms with Crippen molar-refractivity contribution in [3.63, 3.8) is 0 Å². The molecular formula is C23H40O3. The summed E-state index contributed by atoms with van der Waals surface area (Å²) in [6.07, 6.45) is 20.2. The highest BCUT2D eigenvalue weighted by molar-refractivity contribution is 5.80. The van der Waals surface area contributed by atoms with Crippen molar-refractivity contribution in [3.05, 3.63) is 24.3 Å². The predicted molar refractivity (Wildman–Crippen MR) is 110 cm³/mol. The lowest BCUT2D eigenvalue weighted by atomic mass is 10.1. The van der Waals surface area contributed by atoms with Crippen molar-refractivity contribution in [1.82, 2.24) is 0 Å². The van der Waals surface area contributed by atoms with Gasteiger partial charge in [-0.3, -0.25) is 9.59 Å². The molecular weight excluding hydrogens is 324 g/mol. The van der Waals surface area contributed by atoms with Crippen LogP contribution in [0, 0.1) is 5.92 Å². The van der Waals surface area contributed by atoms with E-state index in [2.05, 4.69) is 25.2 Å². The molecule has 1 atom stereocenters. The van der Waals surface area contributed by atoms with Gasteiger partial charge in [-0.15, -0.1) is 0 Å². The van der Waals surface area contributed by atoms with Crippen LogP contribution < -0.4 is 0 Å². The molecule has 1 aliphatic carbocycles. The van der Waals surface area contributed by atoms with Crippen molar-refractivity contribution in [2.75, 3.05) is 0 Å². The zero-order chi connectivity index (χ0) is 19.6. The third-order valence-corrected chi connectivity index (χ3v) is 4.27. The fraction of sp³-hybridized carbons (Fsp3) is 0.739. The Bertz CT molecular complexity index is 421. The van der Waals surface area contributed by atoms with Crippen LogP contribution in [0.15, 0.2) is 24.3 Å². The fourth-order valence-electron chi connectivity index (χ4n) is 2.84. The number of hydrogen-bond donors (Lipinski definition) is 0. The van der Waals surface area contributed by atoms with Crippen LogP contribution in [0.2, 0.25) is 0 Å². The Morgan fingerprint density at radius 1 is 1.15 bits per heavy atom. The Kier molecular flexibility index (Phi) is 16.1. The minimum atomic E-state index is -0.0884. The second-order valence-corrected chi connectivity index (χ2v) is 7.32. The van der Waals surface area contributed by atoms with E-state index in [4.69, 9.17) is 4.74 Å². The molecule has 3 heteroatoms. The standard InChI is InChI=1S/C13H22O.C10H18O2/c1-2-3-4-5-6-7-8-12-9-10-13(14)11-12;1-4-5-6-7-8-10(11)12-9(2)3/h7-8,12H,2-6,9-11H2,1H3;4-5,9H,6-8H2,1-3H3/b8-7+;5-4-. The van der Waals surface area contributed by atoms with Crippen molar-refractivity contribution >= 4 is 11.8 Å². The van der Waals surface area contributed by atoms with Crippen LogP contribution in [0.3, 0.4) is 0 Å². The molecule has 0 aliphatic heterocycles. The highest BCUT2D eigenvalue weighted by atomic mass is 16.5. The molecule has 1 fully saturated rings. The Hall–Kier alpha value is -1.38. The molecule has 0 N–H and O–H groups in total. The molecule has 0 spiro atoms. The molecule has 0 aromatic rings. The normalized spacial score (nSPS) is 17.1. The molecule has 0 heterocycles. The first-order valence-corrected chi connectivity index (χ1v) is 10.5. The fourth-order valence-corrected chi connectivity index (χ4v) is 2.84. The maximum Gasteiger partial charge on any atom is 0.306 e. The van der Waals surface area contributed by atoms with Crippen LogP contribution >= 0.6 is 0 Å². The van der Waals surface area contributed by atoms with Gasteiger partial charge < -0.3 is 4.74 Å². The maximum atomic E-state index is 11.0. The highest BCUT2D eigenvalue weighted by Gasteiger charge is 2.18. The number of hydrogen-bond acceptors (Lipinski definition) is 3. The topological polar surface area (TPSA) is 43.4 Å². The third kappa shape index (κ3) is 16.1. The SMILES string of the molecule is C/C=C\CCCC(=O)OC(C)C.CCCCCC/C=C/C1CCC(=O)C1. The van der Waals surface area contributed by atoms with Crippen LogP contribution in [-0.4, -0.2) is 17.9 Å². The molecule has 150 valence electrons. The Labute approximate surface area is 161 Å². The largest absolute Gasteiger partial charge is 0.463 e. The molecule has 0 aromatic heterocycles. The van der Waals surface area contributed by atoms with Crippen LogP contribution in [0.5, 0.6) is 0 Å². The van der Waals surface area contributed by atoms with Gasteiger partial charge in [-0.1, -0.05) is 50.5 Å². The van der Waals surface area contributed by atoms with E-state index in [1.54, 1.807) is 0 Å². The summed E-state index contributed by atoms with van der Waals surface area (Å²) in [4.78, 5) is 22.0. The van der Waals surface area contributed by atoms with Crippen LogP contribution in [0.1, 0.15) is 98.3 Å². The van der Waals surface area contributed by atoms with Gasteiger partial charge in [-0.2, -0.15) is 0 Å². The van der Waals surface area contributed by atoms with E-state index in [-0.39, 0.29) is 12.1 Å². The lowest BCUT2D eigenvalue weighted by Gasteiger charge is -2.06. The number of ketones is 1. The highest BCUT2D eigenvalue weighted by Crippen LogP contribution is 2.23. The second-order valence-electron chi connectivity index (χ2n) is 7.32. The van der Waals surface area contributed by atoms with Gasteiger partial charge in [0.05, 0.1) is 6.10 Å². The Morgan fingerprint density at radius 2 is 1.88 bits per heavy atom. The molecule has 1 rings (SSSR count). The summed E-state index contributed by atoms with van der Waals surface area (Å²) in [5, 5.41) is 0. The first-order valence-electron chi connectivity index (χ1n) is 10.5. The van der Waals surface area contributed by atoms with Gasteiger partial charge in [-0.05, 0) is 58.8 Å². The molecule has 1 unspecified atom stereocenters. The summed E-state index contributed by atoms with van der Waals surface area (Å²) < 4.78 is 4.97. The number of rotatable bonds is 11. The minimum absolute atomic E-state index is 0.0132. The molecule has 1 aliphatic rings. The van der Waals surface area contributed by atoms with Crippen LogP contribution in [0.4, 0.5) is 0 Å². The lowest BCUT2D eigenvalue weighted by Crippen LogP contribution is -2.10. The van der Waals surface area contributed by atoms with Crippen LogP contribution in [-0.2, 0) is 14.3 Å². The maximum absolute atomic E-state index is 11.0. The van der Waals surface area contributed by atoms with Gasteiger partial charge in [0.2, 0.25) is 0 Å². The van der Waals surface area contributed by atoms with Gasteiger partial charge >= 0.3 is 5.97 Å². The molecule has 3 nitrogen and oxygen atoms in total. The molecule has 0 bridgehead atoms. The average molecular weight is 365 g/mol. The average Bonchev–Trinajstić information content (AvgIpc) is 3.00. The second kappa shape index (κ2) is 17.1. The molecule has 1 saturated carbocycles. The summed E-state index contributed by atoms with van der Waals surface area (Å²) in [6.45, 7) is 7.94. The first kappa shape index (κ1) is 24.6. The van der Waals surface area contributed by atoms with E-state index < -0.39 is 0 Å². The van der Waals surface area contributed by atoms with E-state index >= 15 is 0 Å². The number of unbranched alkanes of at least 4 members (excludes halogenated alkanes) is 5. The minimum Gasteiger partial charge on any atom is -0.463 e. The quantitative estimate of drug-likeness (QED) is 0.237. The number of allylic oxidation sites excluding steroid dienone is 4. The summed E-state index contributed by atoms with van der Waals surface area (Å²) >= 11 is 0. The van der Waals surface area contributed by atoms with Crippen LogP contribution in [0.25, 0.3) is 0 Å². The molecule has 0 saturated heterocycles. The van der Waals surface area contributed by atoms with E-state index in [9.17, 15) is 9.59 Å². The molecule has 0 amide bonds. The lowest BCUT2D eigenvalue weighted by molar-refractivity contribution is -0.147. The Morgan fingerprint density at radius 3 is 2.46 bits per heavy atom. The van der Waals surface area contributed by atoms with Gasteiger partial charge in [-0.25, -0.2) is 0 Å². The third-order valence-electron chi connectivity index (χ3n) is 4.27.